The molecule has 0 saturated carbocycles. The molecule has 0 saturated heterocycles. The van der Waals surface area contributed by atoms with Crippen molar-refractivity contribution in [1.29, 1.82) is 0 Å². The fraction of sp³-hybridized carbons (Fsp3) is 0.286. The summed E-state index contributed by atoms with van der Waals surface area (Å²) in [5, 5.41) is 0. The lowest BCUT2D eigenvalue weighted by Crippen LogP contribution is -1.84. The molecule has 0 bridgehead atoms. The van der Waals surface area contributed by atoms with E-state index in [0.29, 0.717) is 0 Å². The summed E-state index contributed by atoms with van der Waals surface area (Å²) in [5.74, 6) is 1.77. The molecule has 0 aliphatic carbocycles. The Morgan fingerprint density at radius 2 is 1.62 bits per heavy atom. The van der Waals surface area contributed by atoms with Crippen LogP contribution in [0.2, 0.25) is 0 Å². The van der Waals surface area contributed by atoms with Crippen molar-refractivity contribution in [1.82, 2.24) is 0 Å². The van der Waals surface area contributed by atoms with E-state index in [9.17, 15) is 0 Å². The van der Waals surface area contributed by atoms with Crippen molar-refractivity contribution >= 4 is 5.57 Å². The van der Waals surface area contributed by atoms with Crippen LogP contribution in [0.15, 0.2) is 42.2 Å². The number of ether oxygens (including phenoxy) is 2. The van der Waals surface area contributed by atoms with Gasteiger partial charge in [0.15, 0.2) is 0 Å². The average molecular weight is 218 g/mol. The van der Waals surface area contributed by atoms with Crippen molar-refractivity contribution in [2.45, 2.75) is 13.8 Å². The molecule has 0 aliphatic heterocycles. The van der Waals surface area contributed by atoms with Gasteiger partial charge in [-0.1, -0.05) is 18.2 Å². The third kappa shape index (κ3) is 3.46. The highest BCUT2D eigenvalue weighted by atomic mass is 16.5. The highest BCUT2D eigenvalue weighted by Crippen LogP contribution is 2.18. The predicted molar refractivity (Wildman–Crippen MR) is 67.4 cm³/mol. The maximum atomic E-state index is 5.11. The van der Waals surface area contributed by atoms with E-state index >= 15 is 0 Å². The molecule has 0 atom stereocenters. The molecule has 2 nitrogen and oxygen atoms in total. The fourth-order valence-electron chi connectivity index (χ4n) is 1.26. The molecule has 1 aromatic carbocycles. The summed E-state index contributed by atoms with van der Waals surface area (Å²) in [4.78, 5) is 0. The normalized spacial score (nSPS) is 12.5. The van der Waals surface area contributed by atoms with Gasteiger partial charge in [-0.15, -0.1) is 0 Å². The molecular formula is C14H18O2. The molecule has 0 N–H and O–H groups in total. The first-order chi connectivity index (χ1) is 7.67. The molecule has 0 fully saturated rings. The summed E-state index contributed by atoms with van der Waals surface area (Å²) in [5.41, 5.74) is 2.38. The van der Waals surface area contributed by atoms with Crippen LogP contribution < -0.4 is 4.74 Å². The third-order valence-corrected chi connectivity index (χ3v) is 2.44. The monoisotopic (exact) mass is 218 g/mol. The second-order valence-electron chi connectivity index (χ2n) is 3.56. The van der Waals surface area contributed by atoms with Crippen LogP contribution in [-0.2, 0) is 4.74 Å². The second-order valence-corrected chi connectivity index (χ2v) is 3.56. The summed E-state index contributed by atoms with van der Waals surface area (Å²) in [6.07, 6.45) is 4.00. The first-order valence-electron chi connectivity index (χ1n) is 5.21. The van der Waals surface area contributed by atoms with Crippen LogP contribution >= 0.6 is 0 Å². The maximum Gasteiger partial charge on any atom is 0.118 e. The van der Waals surface area contributed by atoms with E-state index in [0.717, 1.165) is 11.5 Å². The standard InChI is InChI=1S/C14H18O2/c1-11(5-6-12(2)15-3)13-7-9-14(16-4)10-8-13/h5-10H,1-4H3/b11-5+,12-6+. The van der Waals surface area contributed by atoms with Crippen LogP contribution in [0.5, 0.6) is 5.75 Å². The van der Waals surface area contributed by atoms with E-state index in [1.807, 2.05) is 43.3 Å². The van der Waals surface area contributed by atoms with Gasteiger partial charge in [0, 0.05) is 0 Å². The van der Waals surface area contributed by atoms with Crippen molar-refractivity contribution in [3.05, 3.63) is 47.7 Å². The predicted octanol–water partition coefficient (Wildman–Crippen LogP) is 3.65. The maximum absolute atomic E-state index is 5.11. The van der Waals surface area contributed by atoms with Gasteiger partial charge in [0.2, 0.25) is 0 Å². The molecule has 1 rings (SSSR count). The summed E-state index contributed by atoms with van der Waals surface area (Å²) in [7, 11) is 3.34. The first kappa shape index (κ1) is 12.4. The summed E-state index contributed by atoms with van der Waals surface area (Å²) >= 11 is 0. The smallest absolute Gasteiger partial charge is 0.118 e. The van der Waals surface area contributed by atoms with Crippen molar-refractivity contribution in [2.24, 2.45) is 0 Å². The molecule has 0 unspecified atom stereocenters. The molecule has 1 aromatic rings. The Morgan fingerprint density at radius 3 is 2.12 bits per heavy atom. The van der Waals surface area contributed by atoms with Gasteiger partial charge in [-0.2, -0.15) is 0 Å². The van der Waals surface area contributed by atoms with E-state index in [4.69, 9.17) is 9.47 Å². The molecule has 0 aromatic heterocycles. The third-order valence-electron chi connectivity index (χ3n) is 2.44. The van der Waals surface area contributed by atoms with Gasteiger partial charge in [-0.3, -0.25) is 0 Å². The molecule has 0 aliphatic rings. The van der Waals surface area contributed by atoms with Crippen molar-refractivity contribution in [3.8, 4) is 5.75 Å². The summed E-state index contributed by atoms with van der Waals surface area (Å²) < 4.78 is 10.2. The SMILES string of the molecule is CO/C(C)=C/C=C(\C)c1ccc(OC)cc1. The molecule has 16 heavy (non-hydrogen) atoms. The molecule has 86 valence electrons. The first-order valence-corrected chi connectivity index (χ1v) is 5.21. The van der Waals surface area contributed by atoms with Crippen molar-refractivity contribution < 1.29 is 9.47 Å². The summed E-state index contributed by atoms with van der Waals surface area (Å²) in [6.45, 7) is 4.00. The number of rotatable bonds is 4. The van der Waals surface area contributed by atoms with E-state index in [1.54, 1.807) is 14.2 Å². The van der Waals surface area contributed by atoms with E-state index in [1.165, 1.54) is 11.1 Å². The number of benzene rings is 1. The molecule has 0 spiro atoms. The second kappa shape index (κ2) is 6.01. The largest absolute Gasteiger partial charge is 0.501 e. The Bertz CT molecular complexity index is 386. The quantitative estimate of drug-likeness (QED) is 0.567. The Balaban J connectivity index is 2.83. The van der Waals surface area contributed by atoms with Gasteiger partial charge < -0.3 is 9.47 Å². The topological polar surface area (TPSA) is 18.5 Å². The van der Waals surface area contributed by atoms with Crippen molar-refractivity contribution in [2.75, 3.05) is 14.2 Å². The van der Waals surface area contributed by atoms with Crippen LogP contribution in [0, 0.1) is 0 Å². The van der Waals surface area contributed by atoms with Crippen LogP contribution in [0.3, 0.4) is 0 Å². The minimum Gasteiger partial charge on any atom is -0.501 e. The Morgan fingerprint density at radius 1 is 1.00 bits per heavy atom. The fourth-order valence-corrected chi connectivity index (χ4v) is 1.26. The highest BCUT2D eigenvalue weighted by molar-refractivity contribution is 5.65. The minimum atomic E-state index is 0.875. The molecule has 0 radical (unpaired) electrons. The molecular weight excluding hydrogens is 200 g/mol. The van der Waals surface area contributed by atoms with Gasteiger partial charge in [0.1, 0.15) is 5.75 Å². The number of hydrogen-bond acceptors (Lipinski definition) is 2. The van der Waals surface area contributed by atoms with E-state index in [2.05, 4.69) is 6.92 Å². The zero-order chi connectivity index (χ0) is 12.0. The lowest BCUT2D eigenvalue weighted by molar-refractivity contribution is 0.294. The van der Waals surface area contributed by atoms with Gasteiger partial charge in [0.25, 0.3) is 0 Å². The Kier molecular flexibility index (Phi) is 4.65. The molecule has 0 amide bonds. The summed E-state index contributed by atoms with van der Waals surface area (Å²) in [6, 6.07) is 8.00. The van der Waals surface area contributed by atoms with Gasteiger partial charge in [0.05, 0.1) is 20.0 Å². The number of allylic oxidation sites excluding steroid dienone is 4. The van der Waals surface area contributed by atoms with Crippen molar-refractivity contribution in [3.63, 3.8) is 0 Å². The lowest BCUT2D eigenvalue weighted by atomic mass is 10.1. The highest BCUT2D eigenvalue weighted by Gasteiger charge is 1.95. The average Bonchev–Trinajstić information content (AvgIpc) is 2.35. The molecule has 2 heteroatoms. The number of hydrogen-bond donors (Lipinski definition) is 0. The Hall–Kier alpha value is -1.70. The zero-order valence-corrected chi connectivity index (χ0v) is 10.3. The van der Waals surface area contributed by atoms with Gasteiger partial charge in [-0.05, 0) is 43.2 Å². The molecule has 0 heterocycles. The van der Waals surface area contributed by atoms with Gasteiger partial charge >= 0.3 is 0 Å². The van der Waals surface area contributed by atoms with Crippen LogP contribution in [0.1, 0.15) is 19.4 Å². The van der Waals surface area contributed by atoms with E-state index < -0.39 is 0 Å². The minimum absolute atomic E-state index is 0.875. The number of methoxy groups -OCH3 is 2. The van der Waals surface area contributed by atoms with Gasteiger partial charge in [-0.25, -0.2) is 0 Å². The van der Waals surface area contributed by atoms with Crippen LogP contribution in [-0.4, -0.2) is 14.2 Å². The Labute approximate surface area is 97.2 Å². The van der Waals surface area contributed by atoms with E-state index in [-0.39, 0.29) is 0 Å². The lowest BCUT2D eigenvalue weighted by Gasteiger charge is -2.03. The van der Waals surface area contributed by atoms with Crippen LogP contribution in [0.4, 0.5) is 0 Å². The zero-order valence-electron chi connectivity index (χ0n) is 10.3. The van der Waals surface area contributed by atoms with Crippen LogP contribution in [0.25, 0.3) is 5.57 Å².